The number of hydrogen-bond acceptors (Lipinski definition) is 5. The fourth-order valence-electron chi connectivity index (χ4n) is 3.05. The summed E-state index contributed by atoms with van der Waals surface area (Å²) in [4.78, 5) is 35.1. The number of carboxylic acids is 1. The molecule has 1 saturated carbocycles. The highest BCUT2D eigenvalue weighted by Crippen LogP contribution is 2.33. The predicted molar refractivity (Wildman–Crippen MR) is 114 cm³/mol. The number of halogens is 1. The van der Waals surface area contributed by atoms with Crippen LogP contribution >= 0.6 is 11.6 Å². The van der Waals surface area contributed by atoms with E-state index in [2.05, 4.69) is 15.4 Å². The van der Waals surface area contributed by atoms with Gasteiger partial charge in [-0.15, -0.1) is 0 Å². The molecule has 0 bridgehead atoms. The number of carbonyl (C=O) groups is 3. The summed E-state index contributed by atoms with van der Waals surface area (Å²) in [6.45, 7) is 0.320. The number of benzene rings is 2. The zero-order valence-electron chi connectivity index (χ0n) is 16.9. The summed E-state index contributed by atoms with van der Waals surface area (Å²) < 4.78 is 10.5. The first-order valence-corrected chi connectivity index (χ1v) is 10.1. The number of aromatic carboxylic acids is 1. The summed E-state index contributed by atoms with van der Waals surface area (Å²) in [5.41, 5.74) is 1.64. The number of nitrogens with one attached hydrogen (secondary N) is 2. The first-order chi connectivity index (χ1) is 14.9. The first kappa shape index (κ1) is 22.6. The lowest BCUT2D eigenvalue weighted by Gasteiger charge is -2.21. The Morgan fingerprint density at radius 1 is 1.16 bits per heavy atom. The van der Waals surface area contributed by atoms with Crippen molar-refractivity contribution in [2.75, 3.05) is 25.6 Å². The van der Waals surface area contributed by atoms with Crippen molar-refractivity contribution < 1.29 is 29.0 Å². The molecule has 0 aliphatic heterocycles. The number of anilines is 1. The molecule has 1 atom stereocenters. The number of ether oxygens (including phenoxy) is 2. The van der Waals surface area contributed by atoms with Crippen LogP contribution in [0.2, 0.25) is 5.02 Å². The molecule has 1 unspecified atom stereocenters. The summed E-state index contributed by atoms with van der Waals surface area (Å²) in [5.74, 6) is -1.28. The topological polar surface area (TPSA) is 114 Å². The number of rotatable bonds is 9. The number of amides is 2. The Morgan fingerprint density at radius 3 is 2.58 bits per heavy atom. The van der Waals surface area contributed by atoms with E-state index in [1.807, 2.05) is 0 Å². The molecule has 0 heterocycles. The van der Waals surface area contributed by atoms with Crippen molar-refractivity contribution in [2.45, 2.75) is 18.9 Å². The zero-order valence-corrected chi connectivity index (χ0v) is 17.6. The average molecular weight is 447 g/mol. The van der Waals surface area contributed by atoms with Gasteiger partial charge >= 0.3 is 12.1 Å². The maximum atomic E-state index is 12.2. The molecule has 2 aromatic carbocycles. The van der Waals surface area contributed by atoms with Gasteiger partial charge in [-0.2, -0.15) is 0 Å². The van der Waals surface area contributed by atoms with Crippen molar-refractivity contribution in [3.8, 4) is 0 Å². The molecule has 1 aliphatic carbocycles. The van der Waals surface area contributed by atoms with E-state index in [4.69, 9.17) is 16.3 Å². The zero-order chi connectivity index (χ0) is 22.4. The molecular formula is C22H23ClN2O6. The van der Waals surface area contributed by atoms with E-state index in [0.29, 0.717) is 21.8 Å². The average Bonchev–Trinajstić information content (AvgIpc) is 3.58. The molecule has 8 nitrogen and oxygen atoms in total. The minimum Gasteiger partial charge on any atom is -0.478 e. The van der Waals surface area contributed by atoms with Crippen LogP contribution in [0.3, 0.4) is 0 Å². The van der Waals surface area contributed by atoms with Gasteiger partial charge in [-0.05, 0) is 54.3 Å². The summed E-state index contributed by atoms with van der Waals surface area (Å²) in [6, 6.07) is 11.6. The normalized spacial score (nSPS) is 13.9. The van der Waals surface area contributed by atoms with Gasteiger partial charge in [0.2, 0.25) is 5.91 Å². The lowest BCUT2D eigenvalue weighted by atomic mass is 9.98. The van der Waals surface area contributed by atoms with Crippen LogP contribution in [0, 0.1) is 5.92 Å². The highest BCUT2D eigenvalue weighted by molar-refractivity contribution is 6.30. The fourth-order valence-corrected chi connectivity index (χ4v) is 3.24. The van der Waals surface area contributed by atoms with Gasteiger partial charge in [0, 0.05) is 23.2 Å². The van der Waals surface area contributed by atoms with Gasteiger partial charge in [-0.1, -0.05) is 23.7 Å². The third-order valence-electron chi connectivity index (χ3n) is 4.71. The van der Waals surface area contributed by atoms with Crippen molar-refractivity contribution in [3.63, 3.8) is 0 Å². The molecule has 0 saturated heterocycles. The maximum absolute atomic E-state index is 12.2. The molecule has 164 valence electrons. The van der Waals surface area contributed by atoms with Crippen LogP contribution in [0.4, 0.5) is 10.5 Å². The number of carboxylic acid groups (broad SMARTS) is 1. The van der Waals surface area contributed by atoms with Crippen molar-refractivity contribution in [2.24, 2.45) is 5.92 Å². The second kappa shape index (κ2) is 10.3. The SMILES string of the molecule is COC(=O)NCCOC(c1cccc(Cl)c1)c1cc(NC(=O)C2CC2)cc(C(=O)O)c1. The number of methoxy groups -OCH3 is 1. The van der Waals surface area contributed by atoms with E-state index in [1.54, 1.807) is 30.3 Å². The van der Waals surface area contributed by atoms with Gasteiger partial charge < -0.3 is 25.2 Å². The molecule has 0 spiro atoms. The molecule has 2 amide bonds. The third-order valence-corrected chi connectivity index (χ3v) is 4.95. The van der Waals surface area contributed by atoms with Crippen molar-refractivity contribution in [1.82, 2.24) is 5.32 Å². The molecule has 0 radical (unpaired) electrons. The number of carbonyl (C=O) groups excluding carboxylic acids is 2. The van der Waals surface area contributed by atoms with E-state index in [1.165, 1.54) is 19.2 Å². The highest BCUT2D eigenvalue weighted by Gasteiger charge is 2.30. The van der Waals surface area contributed by atoms with Gasteiger partial charge in [-0.25, -0.2) is 9.59 Å². The molecule has 0 aromatic heterocycles. The maximum Gasteiger partial charge on any atom is 0.406 e. The molecule has 31 heavy (non-hydrogen) atoms. The number of alkyl carbamates (subject to hydrolysis) is 1. The second-order valence-electron chi connectivity index (χ2n) is 7.14. The smallest absolute Gasteiger partial charge is 0.406 e. The van der Waals surface area contributed by atoms with Crippen molar-refractivity contribution >= 4 is 35.3 Å². The Hall–Kier alpha value is -3.10. The van der Waals surface area contributed by atoms with Crippen molar-refractivity contribution in [1.29, 1.82) is 0 Å². The standard InChI is InChI=1S/C22H23ClN2O6/c1-30-22(29)24-7-8-31-19(14-3-2-4-17(23)10-14)15-9-16(21(27)28)12-18(11-15)25-20(26)13-5-6-13/h2-4,9-13,19H,5-8H2,1H3,(H,24,29)(H,25,26)(H,27,28). The van der Waals surface area contributed by atoms with Crippen LogP contribution in [0.1, 0.15) is 40.4 Å². The Balaban J connectivity index is 1.90. The monoisotopic (exact) mass is 446 g/mol. The number of hydrogen-bond donors (Lipinski definition) is 3. The predicted octanol–water partition coefficient (Wildman–Crippen LogP) is 3.85. The molecule has 2 aromatic rings. The van der Waals surface area contributed by atoms with E-state index in [0.717, 1.165) is 12.8 Å². The molecule has 3 rings (SSSR count). The quantitative estimate of drug-likeness (QED) is 0.504. The lowest BCUT2D eigenvalue weighted by Crippen LogP contribution is -2.27. The van der Waals surface area contributed by atoms with E-state index < -0.39 is 18.2 Å². The van der Waals surface area contributed by atoms with Gasteiger partial charge in [0.25, 0.3) is 0 Å². The first-order valence-electron chi connectivity index (χ1n) is 9.75. The van der Waals surface area contributed by atoms with Gasteiger partial charge in [0.1, 0.15) is 6.10 Å². The van der Waals surface area contributed by atoms with Gasteiger partial charge in [0.15, 0.2) is 0 Å². The summed E-state index contributed by atoms with van der Waals surface area (Å²) in [7, 11) is 1.26. The minimum atomic E-state index is -1.12. The molecule has 1 aliphatic rings. The summed E-state index contributed by atoms with van der Waals surface area (Å²) in [6.07, 6.45) is 0.409. The van der Waals surface area contributed by atoms with Crippen molar-refractivity contribution in [3.05, 3.63) is 64.2 Å². The van der Waals surface area contributed by atoms with Crippen LogP contribution in [0.25, 0.3) is 0 Å². The molecular weight excluding hydrogens is 424 g/mol. The van der Waals surface area contributed by atoms with E-state index >= 15 is 0 Å². The summed E-state index contributed by atoms with van der Waals surface area (Å²) in [5, 5.41) is 15.4. The summed E-state index contributed by atoms with van der Waals surface area (Å²) >= 11 is 6.14. The van der Waals surface area contributed by atoms with Crippen LogP contribution in [0.5, 0.6) is 0 Å². The van der Waals surface area contributed by atoms with Crippen LogP contribution in [0.15, 0.2) is 42.5 Å². The van der Waals surface area contributed by atoms with Crippen LogP contribution < -0.4 is 10.6 Å². The van der Waals surface area contributed by atoms with Gasteiger partial charge in [-0.3, -0.25) is 4.79 Å². The Kier molecular flexibility index (Phi) is 7.49. The Morgan fingerprint density at radius 2 is 1.94 bits per heavy atom. The lowest BCUT2D eigenvalue weighted by molar-refractivity contribution is -0.117. The Bertz CT molecular complexity index is 976. The third kappa shape index (κ3) is 6.44. The molecule has 9 heteroatoms. The largest absolute Gasteiger partial charge is 0.478 e. The van der Waals surface area contributed by atoms with Gasteiger partial charge in [0.05, 0.1) is 19.3 Å². The van der Waals surface area contributed by atoms with Crippen LogP contribution in [-0.4, -0.2) is 43.3 Å². The van der Waals surface area contributed by atoms with Crippen LogP contribution in [-0.2, 0) is 14.3 Å². The minimum absolute atomic E-state index is 0.0203. The fraction of sp³-hybridized carbons (Fsp3) is 0.318. The highest BCUT2D eigenvalue weighted by atomic mass is 35.5. The van der Waals surface area contributed by atoms with E-state index in [-0.39, 0.29) is 30.5 Å². The van der Waals surface area contributed by atoms with E-state index in [9.17, 15) is 19.5 Å². The molecule has 3 N–H and O–H groups in total. The Labute approximate surface area is 184 Å². The molecule has 1 fully saturated rings. The second-order valence-corrected chi connectivity index (χ2v) is 7.57.